The molecule has 2 atom stereocenters. The SMILES string of the molecule is CCc1c(F)ccc2cc(O)cc(N3Cc4nc(OCC56CCCN5CC(F)C6)nc(N5CCOC6(CCCC6)C5)c4C3=O)c12. The number of anilines is 2. The summed E-state index contributed by atoms with van der Waals surface area (Å²) in [5.74, 6) is -0.146. The quantitative estimate of drug-likeness (QED) is 0.398. The predicted molar refractivity (Wildman–Crippen MR) is 165 cm³/mol. The van der Waals surface area contributed by atoms with Crippen molar-refractivity contribution in [1.29, 1.82) is 0 Å². The second kappa shape index (κ2) is 10.8. The number of alkyl halides is 1. The predicted octanol–water partition coefficient (Wildman–Crippen LogP) is 5.30. The highest BCUT2D eigenvalue weighted by atomic mass is 19.1. The smallest absolute Gasteiger partial charge is 0.318 e. The van der Waals surface area contributed by atoms with Crippen LogP contribution in [-0.4, -0.2) is 82.6 Å². The Morgan fingerprint density at radius 3 is 2.80 bits per heavy atom. The number of amides is 1. The molecular formula is C34H39F2N5O4. The Balaban J connectivity index is 1.20. The van der Waals surface area contributed by atoms with Crippen LogP contribution in [0.25, 0.3) is 10.8 Å². The number of benzene rings is 2. The molecule has 1 aromatic heterocycles. The molecule has 1 saturated carbocycles. The molecule has 4 aliphatic heterocycles. The Bertz CT molecular complexity index is 1680. The highest BCUT2D eigenvalue weighted by Gasteiger charge is 2.50. The minimum absolute atomic E-state index is 0.00953. The number of aryl methyl sites for hydroxylation is 1. The molecule has 8 rings (SSSR count). The van der Waals surface area contributed by atoms with Gasteiger partial charge < -0.3 is 24.4 Å². The highest BCUT2D eigenvalue weighted by molar-refractivity contribution is 6.16. The van der Waals surface area contributed by atoms with Crippen molar-refractivity contribution in [1.82, 2.24) is 14.9 Å². The van der Waals surface area contributed by atoms with Gasteiger partial charge in [0, 0.05) is 37.5 Å². The standard InChI is InChI=1S/C34H39F2N5O4/c1-2-24-25(36)7-6-21-14-23(42)15-27(28(21)24)41-18-26-29(31(41)43)30(39-12-13-45-34(19-39)9-3-4-10-34)38-32(37-26)44-20-33-8-5-11-40(33)17-22(35)16-33/h6-7,14-15,22,42H,2-5,8-13,16-20H2,1H3. The van der Waals surface area contributed by atoms with Gasteiger partial charge in [-0.25, -0.2) is 8.78 Å². The number of hydrogen-bond donors (Lipinski definition) is 1. The van der Waals surface area contributed by atoms with Crippen molar-refractivity contribution < 1.29 is 28.2 Å². The molecule has 11 heteroatoms. The van der Waals surface area contributed by atoms with Crippen molar-refractivity contribution in [2.24, 2.45) is 0 Å². The Morgan fingerprint density at radius 1 is 1.13 bits per heavy atom. The summed E-state index contributed by atoms with van der Waals surface area (Å²) in [4.78, 5) is 30.0. The number of hydrogen-bond acceptors (Lipinski definition) is 8. The normalized spacial score (nSPS) is 25.9. The third kappa shape index (κ3) is 4.72. The molecule has 1 spiro atoms. The van der Waals surface area contributed by atoms with Gasteiger partial charge in [-0.15, -0.1) is 0 Å². The van der Waals surface area contributed by atoms with Crippen LogP contribution < -0.4 is 14.5 Å². The summed E-state index contributed by atoms with van der Waals surface area (Å²) in [6.07, 6.45) is 5.98. The number of phenolic OH excluding ortho intramolecular Hbond substituents is 1. The van der Waals surface area contributed by atoms with Crippen molar-refractivity contribution in [3.05, 3.63) is 46.9 Å². The van der Waals surface area contributed by atoms with E-state index >= 15 is 4.39 Å². The van der Waals surface area contributed by atoms with Gasteiger partial charge in [0.2, 0.25) is 0 Å². The summed E-state index contributed by atoms with van der Waals surface area (Å²) in [7, 11) is 0. The van der Waals surface area contributed by atoms with E-state index in [2.05, 4.69) is 9.80 Å². The molecule has 5 aliphatic rings. The first-order valence-electron chi connectivity index (χ1n) is 16.4. The molecule has 0 bridgehead atoms. The lowest BCUT2D eigenvalue weighted by molar-refractivity contribution is -0.0504. The van der Waals surface area contributed by atoms with Crippen LogP contribution in [0.4, 0.5) is 20.3 Å². The van der Waals surface area contributed by atoms with Gasteiger partial charge in [0.15, 0.2) is 0 Å². The average molecular weight is 620 g/mol. The Morgan fingerprint density at radius 2 is 1.98 bits per heavy atom. The molecular weight excluding hydrogens is 580 g/mol. The molecule has 1 aliphatic carbocycles. The van der Waals surface area contributed by atoms with Gasteiger partial charge in [-0.3, -0.25) is 9.69 Å². The van der Waals surface area contributed by atoms with Gasteiger partial charge >= 0.3 is 6.01 Å². The van der Waals surface area contributed by atoms with Crippen LogP contribution in [0.3, 0.4) is 0 Å². The number of phenols is 1. The fourth-order valence-corrected chi connectivity index (χ4v) is 8.68. The molecule has 1 N–H and O–H groups in total. The van der Waals surface area contributed by atoms with Crippen molar-refractivity contribution in [3.63, 3.8) is 0 Å². The molecule has 3 saturated heterocycles. The number of carbonyl (C=O) groups is 1. The number of aromatic nitrogens is 2. The van der Waals surface area contributed by atoms with Gasteiger partial charge in [-0.2, -0.15) is 9.97 Å². The van der Waals surface area contributed by atoms with Gasteiger partial charge in [-0.05, 0) is 61.7 Å². The zero-order valence-corrected chi connectivity index (χ0v) is 25.7. The molecule has 9 nitrogen and oxygen atoms in total. The molecule has 4 fully saturated rings. The number of morpholine rings is 1. The van der Waals surface area contributed by atoms with Gasteiger partial charge in [0.25, 0.3) is 5.91 Å². The summed E-state index contributed by atoms with van der Waals surface area (Å²) in [5, 5.41) is 11.9. The lowest BCUT2D eigenvalue weighted by atomic mass is 9.95. The number of rotatable bonds is 6. The van der Waals surface area contributed by atoms with Gasteiger partial charge in [0.05, 0.1) is 35.7 Å². The van der Waals surface area contributed by atoms with E-state index in [1.54, 1.807) is 17.0 Å². The monoisotopic (exact) mass is 619 g/mol. The number of nitrogens with zero attached hydrogens (tertiary/aromatic N) is 5. The maximum absolute atomic E-state index is 15.0. The first kappa shape index (κ1) is 28.9. The van der Waals surface area contributed by atoms with Crippen molar-refractivity contribution in [3.8, 4) is 11.8 Å². The van der Waals surface area contributed by atoms with E-state index in [4.69, 9.17) is 19.4 Å². The maximum Gasteiger partial charge on any atom is 0.318 e. The zero-order chi connectivity index (χ0) is 30.9. The Labute approximate surface area is 261 Å². The van der Waals surface area contributed by atoms with Crippen LogP contribution in [0.1, 0.15) is 73.5 Å². The van der Waals surface area contributed by atoms with E-state index in [1.807, 2.05) is 6.92 Å². The number of aromatic hydroxyl groups is 1. The summed E-state index contributed by atoms with van der Waals surface area (Å²) in [6, 6.07) is 6.32. The molecule has 3 aromatic rings. The minimum atomic E-state index is -0.873. The molecule has 0 radical (unpaired) electrons. The second-order valence-corrected chi connectivity index (χ2v) is 13.5. The van der Waals surface area contributed by atoms with Crippen LogP contribution >= 0.6 is 0 Å². The third-order valence-electron chi connectivity index (χ3n) is 10.8. The lowest BCUT2D eigenvalue weighted by Crippen LogP contribution is -2.51. The van der Waals surface area contributed by atoms with Crippen LogP contribution in [-0.2, 0) is 17.7 Å². The number of halogens is 2. The summed E-state index contributed by atoms with van der Waals surface area (Å²) >= 11 is 0. The number of ether oxygens (including phenoxy) is 2. The van der Waals surface area contributed by atoms with Crippen molar-refractivity contribution in [2.45, 2.75) is 82.1 Å². The molecule has 2 unspecified atom stereocenters. The first-order chi connectivity index (χ1) is 21.8. The summed E-state index contributed by atoms with van der Waals surface area (Å²) < 4.78 is 42.1. The van der Waals surface area contributed by atoms with Crippen LogP contribution in [0.15, 0.2) is 24.3 Å². The average Bonchev–Trinajstić information content (AvgIpc) is 3.78. The Kier molecular flexibility index (Phi) is 6.90. The lowest BCUT2D eigenvalue weighted by Gasteiger charge is -2.41. The van der Waals surface area contributed by atoms with Gasteiger partial charge in [-0.1, -0.05) is 25.8 Å². The molecule has 238 valence electrons. The second-order valence-electron chi connectivity index (χ2n) is 13.5. The Hall–Kier alpha value is -3.57. The molecule has 45 heavy (non-hydrogen) atoms. The van der Waals surface area contributed by atoms with E-state index in [0.29, 0.717) is 78.2 Å². The van der Waals surface area contributed by atoms with Crippen LogP contribution in [0.2, 0.25) is 0 Å². The fourth-order valence-electron chi connectivity index (χ4n) is 8.68. The molecule has 1 amide bonds. The number of carbonyl (C=O) groups excluding carboxylic acids is 1. The topological polar surface area (TPSA) is 91.3 Å². The van der Waals surface area contributed by atoms with E-state index in [-0.39, 0.29) is 47.8 Å². The van der Waals surface area contributed by atoms with E-state index < -0.39 is 6.17 Å². The van der Waals surface area contributed by atoms with E-state index in [9.17, 15) is 14.3 Å². The highest BCUT2D eigenvalue weighted by Crippen LogP contribution is 2.44. The van der Waals surface area contributed by atoms with Gasteiger partial charge in [0.1, 0.15) is 35.7 Å². The van der Waals surface area contributed by atoms with Crippen LogP contribution in [0.5, 0.6) is 11.8 Å². The van der Waals surface area contributed by atoms with E-state index in [0.717, 1.165) is 45.1 Å². The van der Waals surface area contributed by atoms with Crippen molar-refractivity contribution in [2.75, 3.05) is 49.2 Å². The molecule has 5 heterocycles. The number of fused-ring (bicyclic) bond motifs is 3. The maximum atomic E-state index is 15.0. The zero-order valence-electron chi connectivity index (χ0n) is 25.7. The minimum Gasteiger partial charge on any atom is -0.508 e. The van der Waals surface area contributed by atoms with Crippen LogP contribution in [0, 0.1) is 5.82 Å². The van der Waals surface area contributed by atoms with E-state index in [1.165, 1.54) is 12.1 Å². The first-order valence-corrected chi connectivity index (χ1v) is 16.4. The summed E-state index contributed by atoms with van der Waals surface area (Å²) in [6.45, 7) is 5.28. The largest absolute Gasteiger partial charge is 0.508 e. The van der Waals surface area contributed by atoms with Crippen molar-refractivity contribution >= 4 is 28.2 Å². The fraction of sp³-hybridized carbons (Fsp3) is 0.559. The summed E-state index contributed by atoms with van der Waals surface area (Å²) in [5.41, 5.74) is 1.21. The third-order valence-corrected chi connectivity index (χ3v) is 10.8. The molecule has 2 aromatic carbocycles.